The van der Waals surface area contributed by atoms with Gasteiger partial charge in [-0.15, -0.1) is 11.3 Å². The van der Waals surface area contributed by atoms with E-state index in [-0.39, 0.29) is 16.3 Å². The molecule has 0 amide bonds. The first-order valence-corrected chi connectivity index (χ1v) is 7.88. The molecule has 1 aromatic rings. The fraction of sp³-hybridized carbons (Fsp3) is 0.455. The van der Waals surface area contributed by atoms with Crippen molar-refractivity contribution in [2.45, 2.75) is 11.8 Å². The molecule has 1 N–H and O–H groups in total. The van der Waals surface area contributed by atoms with Crippen molar-refractivity contribution in [3.63, 3.8) is 0 Å². The fourth-order valence-electron chi connectivity index (χ4n) is 1.51. The molecule has 0 spiro atoms. The lowest BCUT2D eigenvalue weighted by atomic mass is 10.2. The quantitative estimate of drug-likeness (QED) is 0.780. The Balaban J connectivity index is 2.92. The van der Waals surface area contributed by atoms with Gasteiger partial charge in [0, 0.05) is 19.0 Å². The van der Waals surface area contributed by atoms with Gasteiger partial charge in [-0.3, -0.25) is 4.79 Å². The Morgan fingerprint density at radius 2 is 2.10 bits per heavy atom. The van der Waals surface area contributed by atoms with Crippen molar-refractivity contribution in [1.29, 1.82) is 0 Å². The van der Waals surface area contributed by atoms with E-state index in [4.69, 9.17) is 5.11 Å². The Morgan fingerprint density at radius 3 is 2.55 bits per heavy atom. The molecule has 1 heterocycles. The molecule has 0 saturated carbocycles. The van der Waals surface area contributed by atoms with Gasteiger partial charge in [-0.1, -0.05) is 6.92 Å². The summed E-state index contributed by atoms with van der Waals surface area (Å²) < 4.78 is 29.9. The molecule has 1 atom stereocenters. The van der Waals surface area contributed by atoms with E-state index in [0.717, 1.165) is 21.7 Å². The van der Waals surface area contributed by atoms with Crippen molar-refractivity contribution in [3.05, 3.63) is 16.3 Å². The maximum Gasteiger partial charge on any atom is 0.345 e. The molecule has 0 fully saturated rings. The van der Waals surface area contributed by atoms with Crippen LogP contribution in [0.3, 0.4) is 0 Å². The van der Waals surface area contributed by atoms with Crippen LogP contribution in [0.2, 0.25) is 0 Å². The SMILES string of the molecule is COC(=O)C(C)CN(C)S(=O)(=O)c1csc(C(=O)O)c1. The number of carboxylic acid groups (broad SMARTS) is 1. The van der Waals surface area contributed by atoms with Crippen LogP contribution in [-0.4, -0.2) is 50.5 Å². The zero-order chi connectivity index (χ0) is 15.5. The smallest absolute Gasteiger partial charge is 0.345 e. The van der Waals surface area contributed by atoms with Crippen LogP contribution in [0, 0.1) is 5.92 Å². The van der Waals surface area contributed by atoms with Crippen LogP contribution in [0.25, 0.3) is 0 Å². The van der Waals surface area contributed by atoms with Crippen molar-refractivity contribution in [2.75, 3.05) is 20.7 Å². The summed E-state index contributed by atoms with van der Waals surface area (Å²) in [4.78, 5) is 21.9. The minimum Gasteiger partial charge on any atom is -0.477 e. The van der Waals surface area contributed by atoms with Gasteiger partial charge in [-0.2, -0.15) is 0 Å². The lowest BCUT2D eigenvalue weighted by molar-refractivity contribution is -0.144. The summed E-state index contributed by atoms with van der Waals surface area (Å²) in [5.74, 6) is -2.30. The number of carbonyl (C=O) groups excluding carboxylic acids is 1. The Bertz CT molecular complexity index is 606. The van der Waals surface area contributed by atoms with Crippen LogP contribution >= 0.6 is 11.3 Å². The number of thiophene rings is 1. The largest absolute Gasteiger partial charge is 0.477 e. The molecule has 0 bridgehead atoms. The van der Waals surface area contributed by atoms with Gasteiger partial charge in [-0.25, -0.2) is 17.5 Å². The summed E-state index contributed by atoms with van der Waals surface area (Å²) in [5.41, 5.74) is 0. The topological polar surface area (TPSA) is 101 Å². The number of carboxylic acids is 1. The summed E-state index contributed by atoms with van der Waals surface area (Å²) >= 11 is 0.835. The molecule has 0 aliphatic heterocycles. The molecule has 0 aromatic carbocycles. The van der Waals surface area contributed by atoms with Gasteiger partial charge in [0.25, 0.3) is 0 Å². The monoisotopic (exact) mass is 321 g/mol. The van der Waals surface area contributed by atoms with Crippen molar-refractivity contribution >= 4 is 33.3 Å². The molecule has 20 heavy (non-hydrogen) atoms. The van der Waals surface area contributed by atoms with Crippen molar-refractivity contribution < 1.29 is 27.9 Å². The van der Waals surface area contributed by atoms with Crippen LogP contribution in [0.5, 0.6) is 0 Å². The average molecular weight is 321 g/mol. The number of nitrogens with zero attached hydrogens (tertiary/aromatic N) is 1. The summed E-state index contributed by atoms with van der Waals surface area (Å²) in [7, 11) is -1.26. The van der Waals surface area contributed by atoms with E-state index in [1.54, 1.807) is 6.92 Å². The molecule has 0 aliphatic rings. The average Bonchev–Trinajstić information content (AvgIpc) is 2.87. The number of esters is 1. The third-order valence-electron chi connectivity index (χ3n) is 2.63. The second-order valence-corrected chi connectivity index (χ2v) is 7.12. The molecule has 0 aliphatic carbocycles. The Hall–Kier alpha value is -1.45. The highest BCUT2D eigenvalue weighted by Crippen LogP contribution is 2.22. The van der Waals surface area contributed by atoms with E-state index >= 15 is 0 Å². The number of hydrogen-bond donors (Lipinski definition) is 1. The Labute approximate surface area is 120 Å². The molecule has 1 rings (SSSR count). The first kappa shape index (κ1) is 16.6. The molecule has 7 nitrogen and oxygen atoms in total. The van der Waals surface area contributed by atoms with Crippen molar-refractivity contribution in [1.82, 2.24) is 4.31 Å². The maximum atomic E-state index is 12.2. The molecular formula is C11H15NO6S2. The minimum absolute atomic E-state index is 0.0484. The number of methoxy groups -OCH3 is 1. The van der Waals surface area contributed by atoms with Crippen LogP contribution in [0.15, 0.2) is 16.3 Å². The summed E-state index contributed by atoms with van der Waals surface area (Å²) in [6.07, 6.45) is 0. The second kappa shape index (κ2) is 6.33. The number of sulfonamides is 1. The van der Waals surface area contributed by atoms with E-state index in [0.29, 0.717) is 0 Å². The van der Waals surface area contributed by atoms with Crippen LogP contribution in [0.1, 0.15) is 16.6 Å². The minimum atomic E-state index is -3.82. The lowest BCUT2D eigenvalue weighted by Gasteiger charge is -2.19. The highest BCUT2D eigenvalue weighted by molar-refractivity contribution is 7.89. The van der Waals surface area contributed by atoms with Crippen LogP contribution < -0.4 is 0 Å². The van der Waals surface area contributed by atoms with Gasteiger partial charge in [-0.05, 0) is 6.07 Å². The van der Waals surface area contributed by atoms with Crippen molar-refractivity contribution in [2.24, 2.45) is 5.92 Å². The summed E-state index contributed by atoms with van der Waals surface area (Å²) in [5, 5.41) is 10.1. The third-order valence-corrected chi connectivity index (χ3v) is 5.50. The Kier molecular flexibility index (Phi) is 5.26. The van der Waals surface area contributed by atoms with Crippen LogP contribution in [0.4, 0.5) is 0 Å². The van der Waals surface area contributed by atoms with E-state index in [9.17, 15) is 18.0 Å². The van der Waals surface area contributed by atoms with Gasteiger partial charge in [0.05, 0.1) is 17.9 Å². The first-order valence-electron chi connectivity index (χ1n) is 5.56. The molecule has 0 radical (unpaired) electrons. The van der Waals surface area contributed by atoms with Gasteiger partial charge in [0.15, 0.2) is 0 Å². The molecule has 112 valence electrons. The molecule has 1 aromatic heterocycles. The number of carbonyl (C=O) groups is 2. The highest BCUT2D eigenvalue weighted by atomic mass is 32.2. The molecule has 9 heteroatoms. The number of aromatic carboxylic acids is 1. The van der Waals surface area contributed by atoms with Gasteiger partial charge in [0.2, 0.25) is 10.0 Å². The highest BCUT2D eigenvalue weighted by Gasteiger charge is 2.27. The van der Waals surface area contributed by atoms with Gasteiger partial charge < -0.3 is 9.84 Å². The first-order chi connectivity index (χ1) is 9.20. The fourth-order valence-corrected chi connectivity index (χ4v) is 3.86. The normalized spacial score (nSPS) is 13.2. The van der Waals surface area contributed by atoms with E-state index in [1.165, 1.54) is 19.5 Å². The van der Waals surface area contributed by atoms with E-state index < -0.39 is 27.9 Å². The zero-order valence-electron chi connectivity index (χ0n) is 11.2. The molecular weight excluding hydrogens is 306 g/mol. The summed E-state index contributed by atoms with van der Waals surface area (Å²) in [6.45, 7) is 1.50. The standard InChI is InChI=1S/C11H15NO6S2/c1-7(11(15)18-3)5-12(2)20(16,17)8-4-9(10(13)14)19-6-8/h4,6-7H,5H2,1-3H3,(H,13,14). The zero-order valence-corrected chi connectivity index (χ0v) is 12.8. The third kappa shape index (κ3) is 3.56. The second-order valence-electron chi connectivity index (χ2n) is 4.16. The van der Waals surface area contributed by atoms with Crippen molar-refractivity contribution in [3.8, 4) is 0 Å². The Morgan fingerprint density at radius 1 is 1.50 bits per heavy atom. The number of ether oxygens (including phenoxy) is 1. The molecule has 0 saturated heterocycles. The predicted octanol–water partition coefficient (Wildman–Crippen LogP) is 0.876. The predicted molar refractivity (Wildman–Crippen MR) is 72.3 cm³/mol. The van der Waals surface area contributed by atoms with Gasteiger partial charge in [0.1, 0.15) is 4.88 Å². The maximum absolute atomic E-state index is 12.2. The lowest BCUT2D eigenvalue weighted by Crippen LogP contribution is -2.34. The van der Waals surface area contributed by atoms with E-state index in [1.807, 2.05) is 0 Å². The number of rotatable bonds is 6. The van der Waals surface area contributed by atoms with Gasteiger partial charge >= 0.3 is 11.9 Å². The van der Waals surface area contributed by atoms with Crippen LogP contribution in [-0.2, 0) is 19.6 Å². The summed E-state index contributed by atoms with van der Waals surface area (Å²) in [6, 6.07) is 1.10. The molecule has 1 unspecified atom stereocenters. The number of hydrogen-bond acceptors (Lipinski definition) is 6. The van der Waals surface area contributed by atoms with E-state index in [2.05, 4.69) is 4.74 Å².